The van der Waals surface area contributed by atoms with Gasteiger partial charge in [-0.1, -0.05) is 84.0 Å². The van der Waals surface area contributed by atoms with Crippen LogP contribution >= 0.6 is 35.6 Å². The number of carbonyl (C=O) groups excluding carboxylic acids is 2. The number of nitrogens with zero attached hydrogens (tertiary/aromatic N) is 1. The van der Waals surface area contributed by atoms with Gasteiger partial charge in [0.25, 0.3) is 11.8 Å². The fraction of sp³-hybridized carbons (Fsp3) is 0.0357. The molecule has 0 saturated carbocycles. The molecule has 1 aliphatic heterocycles. The number of ether oxygens (including phenoxy) is 1. The van der Waals surface area contributed by atoms with Crippen LogP contribution in [0.1, 0.15) is 21.5 Å². The van der Waals surface area contributed by atoms with Gasteiger partial charge in [-0.05, 0) is 65.0 Å². The molecule has 0 aliphatic carbocycles. The maximum atomic E-state index is 13.1. The Morgan fingerprint density at radius 3 is 2.53 bits per heavy atom. The Bertz CT molecular complexity index is 1510. The Hall–Kier alpha value is -3.65. The quantitative estimate of drug-likeness (QED) is 0.224. The summed E-state index contributed by atoms with van der Waals surface area (Å²) in [5.41, 5.74) is 4.75. The number of hydrogen-bond acceptors (Lipinski definition) is 5. The maximum absolute atomic E-state index is 13.1. The molecule has 1 aliphatic rings. The highest BCUT2D eigenvalue weighted by molar-refractivity contribution is 8.26. The highest BCUT2D eigenvalue weighted by Crippen LogP contribution is 2.34. The molecule has 0 aromatic heterocycles. The molecule has 0 atom stereocenters. The lowest BCUT2D eigenvalue weighted by molar-refractivity contribution is -0.123. The molecule has 0 unspecified atom stereocenters. The fourth-order valence-corrected chi connectivity index (χ4v) is 5.07. The number of benzene rings is 4. The summed E-state index contributed by atoms with van der Waals surface area (Å²) >= 11 is 12.4. The molecular formula is C28H19ClN2O3S2. The molecule has 1 saturated heterocycles. The Balaban J connectivity index is 1.33. The summed E-state index contributed by atoms with van der Waals surface area (Å²) in [5, 5.41) is 3.88. The summed E-state index contributed by atoms with van der Waals surface area (Å²) in [6.07, 6.45) is 1.73. The molecule has 1 fully saturated rings. The lowest BCUT2D eigenvalue weighted by Crippen LogP contribution is -2.44. The van der Waals surface area contributed by atoms with Crippen LogP contribution in [-0.2, 0) is 11.4 Å². The number of carbonyl (C=O) groups is 2. The second kappa shape index (κ2) is 10.5. The molecule has 4 aromatic carbocycles. The zero-order chi connectivity index (χ0) is 25.1. The number of hydrazine groups is 1. The minimum absolute atomic E-state index is 0.239. The van der Waals surface area contributed by atoms with E-state index in [-0.39, 0.29) is 4.32 Å². The van der Waals surface area contributed by atoms with Gasteiger partial charge in [0.2, 0.25) is 0 Å². The Kier molecular flexibility index (Phi) is 7.04. The molecule has 5 nitrogen and oxygen atoms in total. The molecule has 8 heteroatoms. The first-order valence-corrected chi connectivity index (χ1v) is 12.6. The first kappa shape index (κ1) is 24.1. The third-order valence-corrected chi connectivity index (χ3v) is 7.14. The molecule has 1 heterocycles. The van der Waals surface area contributed by atoms with Crippen LogP contribution in [0, 0.1) is 0 Å². The predicted molar refractivity (Wildman–Crippen MR) is 149 cm³/mol. The van der Waals surface area contributed by atoms with Crippen molar-refractivity contribution in [3.8, 4) is 5.75 Å². The number of hydrogen-bond donors (Lipinski definition) is 1. The van der Waals surface area contributed by atoms with Crippen molar-refractivity contribution in [2.45, 2.75) is 6.61 Å². The number of nitrogens with one attached hydrogen (secondary N) is 1. The zero-order valence-corrected chi connectivity index (χ0v) is 21.2. The van der Waals surface area contributed by atoms with Crippen LogP contribution in [-0.4, -0.2) is 21.1 Å². The van der Waals surface area contributed by atoms with E-state index in [0.717, 1.165) is 38.7 Å². The minimum Gasteiger partial charge on any atom is -0.488 e. The average Bonchev–Trinajstić information content (AvgIpc) is 3.15. The topological polar surface area (TPSA) is 58.6 Å². The van der Waals surface area contributed by atoms with Crippen LogP contribution in [0.2, 0.25) is 5.02 Å². The van der Waals surface area contributed by atoms with Crippen LogP contribution in [0.25, 0.3) is 16.8 Å². The van der Waals surface area contributed by atoms with Crippen molar-refractivity contribution in [3.05, 3.63) is 118 Å². The van der Waals surface area contributed by atoms with Crippen molar-refractivity contribution in [1.82, 2.24) is 10.4 Å². The second-order valence-corrected chi connectivity index (χ2v) is 10.0. The highest BCUT2D eigenvalue weighted by atomic mass is 35.5. The van der Waals surface area contributed by atoms with Crippen molar-refractivity contribution in [2.24, 2.45) is 0 Å². The van der Waals surface area contributed by atoms with E-state index in [0.29, 0.717) is 27.8 Å². The van der Waals surface area contributed by atoms with Gasteiger partial charge in [-0.2, -0.15) is 5.01 Å². The summed E-state index contributed by atoms with van der Waals surface area (Å²) in [6.45, 7) is 0.379. The monoisotopic (exact) mass is 530 g/mol. The van der Waals surface area contributed by atoms with Crippen LogP contribution in [0.15, 0.2) is 95.9 Å². The van der Waals surface area contributed by atoms with Crippen molar-refractivity contribution < 1.29 is 14.3 Å². The summed E-state index contributed by atoms with van der Waals surface area (Å²) in [6, 6.07) is 28.1. The van der Waals surface area contributed by atoms with Crippen LogP contribution in [0.3, 0.4) is 0 Å². The minimum atomic E-state index is -0.456. The van der Waals surface area contributed by atoms with Crippen LogP contribution in [0.5, 0.6) is 5.75 Å². The van der Waals surface area contributed by atoms with E-state index in [1.165, 1.54) is 0 Å². The van der Waals surface area contributed by atoms with Crippen molar-refractivity contribution in [3.63, 3.8) is 0 Å². The maximum Gasteiger partial charge on any atom is 0.285 e. The Labute approximate surface area is 222 Å². The van der Waals surface area contributed by atoms with Gasteiger partial charge in [-0.3, -0.25) is 15.0 Å². The molecule has 1 N–H and O–H groups in total. The summed E-state index contributed by atoms with van der Waals surface area (Å²) in [5.74, 6) is -0.222. The van der Waals surface area contributed by atoms with E-state index in [1.807, 2.05) is 48.5 Å². The van der Waals surface area contributed by atoms with E-state index in [4.69, 9.17) is 28.6 Å². The Morgan fingerprint density at radius 2 is 1.69 bits per heavy atom. The number of para-hydroxylation sites is 1. The number of halogens is 1. The van der Waals surface area contributed by atoms with Gasteiger partial charge >= 0.3 is 0 Å². The average molecular weight is 531 g/mol. The molecule has 2 amide bonds. The van der Waals surface area contributed by atoms with E-state index < -0.39 is 11.8 Å². The van der Waals surface area contributed by atoms with Gasteiger partial charge in [0.05, 0.1) is 4.91 Å². The molecule has 0 radical (unpaired) electrons. The van der Waals surface area contributed by atoms with Crippen molar-refractivity contribution >= 4 is 68.6 Å². The van der Waals surface area contributed by atoms with Gasteiger partial charge in [0.1, 0.15) is 12.4 Å². The summed E-state index contributed by atoms with van der Waals surface area (Å²) in [4.78, 5) is 26.0. The first-order valence-electron chi connectivity index (χ1n) is 11.0. The molecule has 5 rings (SSSR count). The highest BCUT2D eigenvalue weighted by Gasteiger charge is 2.34. The smallest absolute Gasteiger partial charge is 0.285 e. The van der Waals surface area contributed by atoms with Crippen LogP contribution < -0.4 is 10.2 Å². The summed E-state index contributed by atoms with van der Waals surface area (Å²) < 4.78 is 6.41. The predicted octanol–water partition coefficient (Wildman–Crippen LogP) is 6.62. The van der Waals surface area contributed by atoms with Crippen molar-refractivity contribution in [1.29, 1.82) is 0 Å². The number of fused-ring (bicyclic) bond motifs is 1. The molecular weight excluding hydrogens is 512 g/mol. The largest absolute Gasteiger partial charge is 0.488 e. The van der Waals surface area contributed by atoms with Gasteiger partial charge in [0, 0.05) is 16.1 Å². The molecule has 178 valence electrons. The van der Waals surface area contributed by atoms with E-state index in [9.17, 15) is 9.59 Å². The van der Waals surface area contributed by atoms with Gasteiger partial charge < -0.3 is 4.74 Å². The Morgan fingerprint density at radius 1 is 0.972 bits per heavy atom. The number of thiocarbonyl (C=S) groups is 1. The number of rotatable bonds is 6. The zero-order valence-electron chi connectivity index (χ0n) is 18.8. The lowest BCUT2D eigenvalue weighted by Gasteiger charge is -2.15. The van der Waals surface area contributed by atoms with E-state index in [2.05, 4.69) is 23.6 Å². The van der Waals surface area contributed by atoms with Crippen molar-refractivity contribution in [2.75, 3.05) is 0 Å². The molecule has 36 heavy (non-hydrogen) atoms. The van der Waals surface area contributed by atoms with Gasteiger partial charge in [-0.25, -0.2) is 0 Å². The molecule has 0 spiro atoms. The molecule has 0 bridgehead atoms. The third-order valence-electron chi connectivity index (χ3n) is 5.58. The van der Waals surface area contributed by atoms with Gasteiger partial charge in [-0.15, -0.1) is 0 Å². The number of thioether (sulfide) groups is 1. The first-order chi connectivity index (χ1) is 17.5. The normalized spacial score (nSPS) is 14.5. The van der Waals surface area contributed by atoms with E-state index in [1.54, 1.807) is 30.3 Å². The fourth-order valence-electron chi connectivity index (χ4n) is 3.78. The lowest BCUT2D eigenvalue weighted by atomic mass is 10.1. The number of amides is 2. The van der Waals surface area contributed by atoms with E-state index >= 15 is 0 Å². The third kappa shape index (κ3) is 5.14. The van der Waals surface area contributed by atoms with Gasteiger partial charge in [0.15, 0.2) is 4.32 Å². The second-order valence-electron chi connectivity index (χ2n) is 7.93. The summed E-state index contributed by atoms with van der Waals surface area (Å²) in [7, 11) is 0. The molecule has 4 aromatic rings. The standard InChI is InChI=1S/C28H19ClN2O3S2/c29-22-14-12-19(13-15-22)26(32)30-31-27(33)25(36-28(31)35)16-20-7-2-4-11-24(20)34-17-21-9-5-8-18-6-1-3-10-23(18)21/h1-16H,17H2,(H,30,32)/b25-16-. The van der Waals surface area contributed by atoms with Crippen LogP contribution in [0.4, 0.5) is 0 Å². The SMILES string of the molecule is O=C(NN1C(=O)/C(=C/c2ccccc2OCc2cccc3ccccc23)SC1=S)c1ccc(Cl)cc1.